The highest BCUT2D eigenvalue weighted by atomic mass is 35.5. The molecule has 5 heteroatoms. The molecule has 126 valence electrons. The molecule has 0 saturated carbocycles. The Bertz CT molecular complexity index is 455. The standard InChI is InChI=1S/C17H28N2O2.ClH/c1-12(10-18)16(20)19-13(2)11-21-15-8-6-14(7-9-15)17(3,4)5;/h6-9,12-13H,10-11,18H2,1-5H3,(H,19,20);1H. The minimum absolute atomic E-state index is 0. The predicted octanol–water partition coefficient (Wildman–Crippen LogP) is 2.88. The Labute approximate surface area is 140 Å². The summed E-state index contributed by atoms with van der Waals surface area (Å²) in [7, 11) is 0. The Morgan fingerprint density at radius 1 is 1.23 bits per heavy atom. The van der Waals surface area contributed by atoms with E-state index in [1.165, 1.54) is 5.56 Å². The second-order valence-corrected chi connectivity index (χ2v) is 6.63. The third-order valence-corrected chi connectivity index (χ3v) is 3.41. The van der Waals surface area contributed by atoms with Crippen molar-refractivity contribution < 1.29 is 9.53 Å². The van der Waals surface area contributed by atoms with Gasteiger partial charge < -0.3 is 15.8 Å². The number of nitrogens with two attached hydrogens (primary N) is 1. The van der Waals surface area contributed by atoms with Crippen LogP contribution in [0.5, 0.6) is 5.75 Å². The van der Waals surface area contributed by atoms with Gasteiger partial charge in [0.05, 0.1) is 6.04 Å². The van der Waals surface area contributed by atoms with Gasteiger partial charge in [0.2, 0.25) is 5.91 Å². The lowest BCUT2D eigenvalue weighted by atomic mass is 9.87. The first-order chi connectivity index (χ1) is 9.74. The molecule has 0 heterocycles. The molecule has 0 spiro atoms. The van der Waals surface area contributed by atoms with Crippen molar-refractivity contribution in [2.24, 2.45) is 11.7 Å². The van der Waals surface area contributed by atoms with Crippen LogP contribution in [-0.4, -0.2) is 25.1 Å². The van der Waals surface area contributed by atoms with Gasteiger partial charge in [-0.05, 0) is 30.0 Å². The van der Waals surface area contributed by atoms with Gasteiger partial charge in [0.1, 0.15) is 12.4 Å². The van der Waals surface area contributed by atoms with E-state index in [1.807, 2.05) is 26.0 Å². The van der Waals surface area contributed by atoms with Crippen molar-refractivity contribution in [3.8, 4) is 5.75 Å². The van der Waals surface area contributed by atoms with Crippen LogP contribution < -0.4 is 15.8 Å². The fraction of sp³-hybridized carbons (Fsp3) is 0.588. The SMILES string of the molecule is CC(COc1ccc(C(C)(C)C)cc1)NC(=O)C(C)CN.Cl. The number of amides is 1. The van der Waals surface area contributed by atoms with Crippen LogP contribution in [-0.2, 0) is 10.2 Å². The number of hydrogen-bond acceptors (Lipinski definition) is 3. The van der Waals surface area contributed by atoms with Gasteiger partial charge in [-0.15, -0.1) is 12.4 Å². The zero-order valence-corrected chi connectivity index (χ0v) is 15.0. The molecular weight excluding hydrogens is 300 g/mol. The average molecular weight is 329 g/mol. The number of hydrogen-bond donors (Lipinski definition) is 2. The van der Waals surface area contributed by atoms with Crippen molar-refractivity contribution in [3.63, 3.8) is 0 Å². The molecule has 1 rings (SSSR count). The van der Waals surface area contributed by atoms with Crippen LogP contribution in [0, 0.1) is 5.92 Å². The van der Waals surface area contributed by atoms with Crippen molar-refractivity contribution in [2.75, 3.05) is 13.2 Å². The fourth-order valence-corrected chi connectivity index (χ4v) is 1.81. The third-order valence-electron chi connectivity index (χ3n) is 3.41. The number of halogens is 1. The molecule has 1 aromatic carbocycles. The van der Waals surface area contributed by atoms with Gasteiger partial charge >= 0.3 is 0 Å². The molecular formula is C17H29ClN2O2. The summed E-state index contributed by atoms with van der Waals surface area (Å²) >= 11 is 0. The molecule has 2 unspecified atom stereocenters. The summed E-state index contributed by atoms with van der Waals surface area (Å²) in [6.45, 7) is 11.1. The van der Waals surface area contributed by atoms with Crippen LogP contribution in [0.3, 0.4) is 0 Å². The summed E-state index contributed by atoms with van der Waals surface area (Å²) in [5.41, 5.74) is 6.88. The summed E-state index contributed by atoms with van der Waals surface area (Å²) in [6, 6.07) is 8.05. The number of nitrogens with one attached hydrogen (secondary N) is 1. The molecule has 0 bridgehead atoms. The first-order valence-electron chi connectivity index (χ1n) is 7.48. The molecule has 3 N–H and O–H groups in total. The van der Waals surface area contributed by atoms with Gasteiger partial charge in [-0.3, -0.25) is 4.79 Å². The van der Waals surface area contributed by atoms with Gasteiger partial charge in [-0.25, -0.2) is 0 Å². The van der Waals surface area contributed by atoms with E-state index in [9.17, 15) is 4.79 Å². The Morgan fingerprint density at radius 3 is 2.23 bits per heavy atom. The highest BCUT2D eigenvalue weighted by Gasteiger charge is 2.15. The van der Waals surface area contributed by atoms with Crippen LogP contribution in [0.15, 0.2) is 24.3 Å². The zero-order valence-electron chi connectivity index (χ0n) is 14.2. The maximum atomic E-state index is 11.7. The van der Waals surface area contributed by atoms with Crippen molar-refractivity contribution >= 4 is 18.3 Å². The Morgan fingerprint density at radius 2 is 1.77 bits per heavy atom. The van der Waals surface area contributed by atoms with E-state index in [0.29, 0.717) is 13.2 Å². The van der Waals surface area contributed by atoms with Crippen LogP contribution in [0.25, 0.3) is 0 Å². The number of carbonyl (C=O) groups excluding carboxylic acids is 1. The van der Waals surface area contributed by atoms with E-state index in [1.54, 1.807) is 0 Å². The number of ether oxygens (including phenoxy) is 1. The molecule has 1 aromatic rings. The summed E-state index contributed by atoms with van der Waals surface area (Å²) in [5.74, 6) is 0.617. The van der Waals surface area contributed by atoms with Crippen LogP contribution in [0.4, 0.5) is 0 Å². The largest absolute Gasteiger partial charge is 0.491 e. The Hall–Kier alpha value is -1.26. The quantitative estimate of drug-likeness (QED) is 0.844. The van der Waals surface area contributed by atoms with E-state index >= 15 is 0 Å². The molecule has 22 heavy (non-hydrogen) atoms. The lowest BCUT2D eigenvalue weighted by Gasteiger charge is -2.20. The van der Waals surface area contributed by atoms with E-state index in [4.69, 9.17) is 10.5 Å². The normalized spacial score (nSPS) is 13.7. The lowest BCUT2D eigenvalue weighted by molar-refractivity contribution is -0.125. The molecule has 0 saturated heterocycles. The third kappa shape index (κ3) is 6.67. The Kier molecular flexibility index (Phi) is 8.49. The number of carbonyl (C=O) groups is 1. The van der Waals surface area contributed by atoms with Gasteiger partial charge in [0.25, 0.3) is 0 Å². The van der Waals surface area contributed by atoms with Gasteiger partial charge in [0, 0.05) is 12.5 Å². The monoisotopic (exact) mass is 328 g/mol. The molecule has 0 aliphatic heterocycles. The molecule has 4 nitrogen and oxygen atoms in total. The van der Waals surface area contributed by atoms with E-state index in [0.717, 1.165) is 5.75 Å². The van der Waals surface area contributed by atoms with Crippen LogP contribution >= 0.6 is 12.4 Å². The van der Waals surface area contributed by atoms with Crippen molar-refractivity contribution in [1.29, 1.82) is 0 Å². The van der Waals surface area contributed by atoms with Crippen molar-refractivity contribution in [1.82, 2.24) is 5.32 Å². The van der Waals surface area contributed by atoms with Gasteiger partial charge in [-0.1, -0.05) is 39.8 Å². The number of rotatable bonds is 6. The first kappa shape index (κ1) is 20.7. The average Bonchev–Trinajstić information content (AvgIpc) is 2.43. The van der Waals surface area contributed by atoms with Crippen molar-refractivity contribution in [3.05, 3.63) is 29.8 Å². The smallest absolute Gasteiger partial charge is 0.224 e. The molecule has 0 aliphatic rings. The maximum absolute atomic E-state index is 11.7. The summed E-state index contributed by atoms with van der Waals surface area (Å²) in [6.07, 6.45) is 0. The fourth-order valence-electron chi connectivity index (χ4n) is 1.81. The highest BCUT2D eigenvalue weighted by molar-refractivity contribution is 5.85. The van der Waals surface area contributed by atoms with Gasteiger partial charge in [0.15, 0.2) is 0 Å². The van der Waals surface area contributed by atoms with E-state index in [2.05, 4.69) is 38.2 Å². The molecule has 0 radical (unpaired) electrons. The van der Waals surface area contributed by atoms with Gasteiger partial charge in [-0.2, -0.15) is 0 Å². The first-order valence-corrected chi connectivity index (χ1v) is 7.48. The Balaban J connectivity index is 0.00000441. The van der Waals surface area contributed by atoms with Crippen LogP contribution in [0.2, 0.25) is 0 Å². The van der Waals surface area contributed by atoms with Crippen LogP contribution in [0.1, 0.15) is 40.2 Å². The summed E-state index contributed by atoms with van der Waals surface area (Å²) in [4.78, 5) is 11.7. The molecule has 0 aromatic heterocycles. The summed E-state index contributed by atoms with van der Waals surface area (Å²) in [5, 5.41) is 2.89. The van der Waals surface area contributed by atoms with E-state index in [-0.39, 0.29) is 35.7 Å². The van der Waals surface area contributed by atoms with E-state index < -0.39 is 0 Å². The highest BCUT2D eigenvalue weighted by Crippen LogP contribution is 2.24. The molecule has 0 fully saturated rings. The minimum Gasteiger partial charge on any atom is -0.491 e. The lowest BCUT2D eigenvalue weighted by Crippen LogP contribution is -2.41. The predicted molar refractivity (Wildman–Crippen MR) is 93.7 cm³/mol. The maximum Gasteiger partial charge on any atom is 0.224 e. The minimum atomic E-state index is -0.168. The number of benzene rings is 1. The molecule has 1 amide bonds. The summed E-state index contributed by atoms with van der Waals surface area (Å²) < 4.78 is 5.70. The second kappa shape index (κ2) is 9.01. The topological polar surface area (TPSA) is 64.3 Å². The second-order valence-electron chi connectivity index (χ2n) is 6.63. The molecule has 2 atom stereocenters. The van der Waals surface area contributed by atoms with Crippen molar-refractivity contribution in [2.45, 2.75) is 46.1 Å². The molecule has 0 aliphatic carbocycles. The zero-order chi connectivity index (χ0) is 16.0.